The van der Waals surface area contributed by atoms with E-state index in [1.54, 1.807) is 31.2 Å². The first-order valence-corrected chi connectivity index (χ1v) is 4.37. The summed E-state index contributed by atoms with van der Waals surface area (Å²) in [7, 11) is 0. The molecule has 0 fully saturated rings. The van der Waals surface area contributed by atoms with Crippen molar-refractivity contribution in [2.45, 2.75) is 13.8 Å². The van der Waals surface area contributed by atoms with Crippen molar-refractivity contribution in [1.82, 2.24) is 0 Å². The molecule has 0 heterocycles. The topological polar surface area (TPSA) is 56.1 Å². The van der Waals surface area contributed by atoms with E-state index < -0.39 is 0 Å². The van der Waals surface area contributed by atoms with Crippen LogP contribution in [0.5, 0.6) is 5.75 Å². The maximum Gasteiger partial charge on any atom is 0.117 e. The lowest BCUT2D eigenvalue weighted by Crippen LogP contribution is -1.97. The molecule has 1 aromatic rings. The Kier molecular flexibility index (Phi) is 3.29. The fourth-order valence-corrected chi connectivity index (χ4v) is 1.17. The molecule has 0 radical (unpaired) electrons. The van der Waals surface area contributed by atoms with Gasteiger partial charge in [0.15, 0.2) is 0 Å². The van der Waals surface area contributed by atoms with Gasteiger partial charge in [0.25, 0.3) is 0 Å². The van der Waals surface area contributed by atoms with E-state index in [2.05, 4.69) is 5.32 Å². The van der Waals surface area contributed by atoms with Gasteiger partial charge in [-0.05, 0) is 32.1 Å². The van der Waals surface area contributed by atoms with Crippen molar-refractivity contribution in [3.63, 3.8) is 0 Å². The molecule has 0 aliphatic heterocycles. The van der Waals surface area contributed by atoms with Crippen molar-refractivity contribution in [2.75, 3.05) is 5.32 Å². The third-order valence-electron chi connectivity index (χ3n) is 1.62. The molecule has 1 aromatic carbocycles. The van der Waals surface area contributed by atoms with Crippen LogP contribution in [0, 0.1) is 5.41 Å². The minimum absolute atomic E-state index is 0.231. The lowest BCUT2D eigenvalue weighted by molar-refractivity contribution is 0.475. The number of anilines is 1. The van der Waals surface area contributed by atoms with Crippen LogP contribution in [0.3, 0.4) is 0 Å². The van der Waals surface area contributed by atoms with Gasteiger partial charge in [-0.1, -0.05) is 6.07 Å². The average molecular weight is 190 g/mol. The Labute approximate surface area is 83.6 Å². The van der Waals surface area contributed by atoms with Gasteiger partial charge in [0.2, 0.25) is 0 Å². The number of hydrogen-bond acceptors (Lipinski definition) is 3. The second kappa shape index (κ2) is 4.46. The van der Waals surface area contributed by atoms with Gasteiger partial charge in [-0.15, -0.1) is 0 Å². The van der Waals surface area contributed by atoms with Crippen molar-refractivity contribution in [3.8, 4) is 5.75 Å². The zero-order valence-electron chi connectivity index (χ0n) is 8.33. The van der Waals surface area contributed by atoms with E-state index >= 15 is 0 Å². The molecule has 0 saturated carbocycles. The van der Waals surface area contributed by atoms with Crippen LogP contribution in [0.2, 0.25) is 0 Å². The van der Waals surface area contributed by atoms with Crippen LogP contribution in [0.15, 0.2) is 36.0 Å². The second-order valence-electron chi connectivity index (χ2n) is 3.19. The van der Waals surface area contributed by atoms with Gasteiger partial charge >= 0.3 is 0 Å². The summed E-state index contributed by atoms with van der Waals surface area (Å²) in [4.78, 5) is 0. The normalized spacial score (nSPS) is 11.1. The van der Waals surface area contributed by atoms with Crippen molar-refractivity contribution < 1.29 is 5.11 Å². The van der Waals surface area contributed by atoms with Gasteiger partial charge in [-0.2, -0.15) is 0 Å². The Morgan fingerprint density at radius 2 is 2.14 bits per heavy atom. The number of aromatic hydroxyl groups is 1. The Balaban J connectivity index is 2.74. The van der Waals surface area contributed by atoms with Gasteiger partial charge in [-0.3, -0.25) is 0 Å². The fraction of sp³-hybridized carbons (Fsp3) is 0.182. The summed E-state index contributed by atoms with van der Waals surface area (Å²) in [5.74, 6) is 0.231. The van der Waals surface area contributed by atoms with E-state index in [1.807, 2.05) is 13.0 Å². The molecule has 0 spiro atoms. The molecular weight excluding hydrogens is 176 g/mol. The van der Waals surface area contributed by atoms with Gasteiger partial charge in [0, 0.05) is 23.2 Å². The van der Waals surface area contributed by atoms with Crippen LogP contribution in [-0.2, 0) is 0 Å². The Hall–Kier alpha value is -1.77. The second-order valence-corrected chi connectivity index (χ2v) is 3.19. The zero-order valence-corrected chi connectivity index (χ0v) is 8.33. The number of benzene rings is 1. The highest BCUT2D eigenvalue weighted by atomic mass is 16.3. The average Bonchev–Trinajstić information content (AvgIpc) is 2.01. The molecule has 0 aliphatic rings. The Morgan fingerprint density at radius 1 is 1.43 bits per heavy atom. The summed E-state index contributed by atoms with van der Waals surface area (Å²) < 4.78 is 0. The van der Waals surface area contributed by atoms with Gasteiger partial charge in [0.1, 0.15) is 5.75 Å². The number of allylic oxidation sites excluding steroid dienone is 2. The van der Waals surface area contributed by atoms with Crippen LogP contribution in [0.25, 0.3) is 0 Å². The highest BCUT2D eigenvalue weighted by Crippen LogP contribution is 2.16. The van der Waals surface area contributed by atoms with Crippen molar-refractivity contribution >= 4 is 11.4 Å². The predicted octanol–water partition coefficient (Wildman–Crippen LogP) is 2.75. The standard InChI is InChI=1S/C11H14N2O/c1-8(12)6-9(2)13-10-4-3-5-11(14)7-10/h3-7,12-14H,1-2H3/b9-6-,12-8?. The van der Waals surface area contributed by atoms with E-state index in [0.29, 0.717) is 5.71 Å². The minimum Gasteiger partial charge on any atom is -0.508 e. The zero-order chi connectivity index (χ0) is 10.6. The molecule has 0 unspecified atom stereocenters. The first kappa shape index (κ1) is 10.3. The molecule has 3 nitrogen and oxygen atoms in total. The molecule has 3 heteroatoms. The Bertz CT molecular complexity index is 369. The summed E-state index contributed by atoms with van der Waals surface area (Å²) in [6.07, 6.45) is 1.73. The molecule has 0 aliphatic carbocycles. The fourth-order valence-electron chi connectivity index (χ4n) is 1.17. The molecule has 14 heavy (non-hydrogen) atoms. The van der Waals surface area contributed by atoms with Crippen molar-refractivity contribution in [1.29, 1.82) is 5.41 Å². The van der Waals surface area contributed by atoms with Crippen LogP contribution < -0.4 is 5.32 Å². The first-order chi connectivity index (χ1) is 6.58. The molecule has 74 valence electrons. The highest BCUT2D eigenvalue weighted by Gasteiger charge is 1.94. The third kappa shape index (κ3) is 3.31. The van der Waals surface area contributed by atoms with Gasteiger partial charge in [0.05, 0.1) is 0 Å². The number of rotatable bonds is 3. The van der Waals surface area contributed by atoms with Crippen LogP contribution in [-0.4, -0.2) is 10.8 Å². The molecule has 0 bridgehead atoms. The van der Waals surface area contributed by atoms with Gasteiger partial charge in [-0.25, -0.2) is 0 Å². The van der Waals surface area contributed by atoms with Crippen molar-refractivity contribution in [3.05, 3.63) is 36.0 Å². The van der Waals surface area contributed by atoms with Crippen molar-refractivity contribution in [2.24, 2.45) is 0 Å². The molecule has 3 N–H and O–H groups in total. The summed E-state index contributed by atoms with van der Waals surface area (Å²) >= 11 is 0. The quantitative estimate of drug-likeness (QED) is 0.642. The van der Waals surface area contributed by atoms with E-state index in [9.17, 15) is 5.11 Å². The van der Waals surface area contributed by atoms with E-state index in [4.69, 9.17) is 5.41 Å². The van der Waals surface area contributed by atoms with Crippen LogP contribution >= 0.6 is 0 Å². The molecule has 0 atom stereocenters. The number of phenols is 1. The maximum absolute atomic E-state index is 9.21. The van der Waals surface area contributed by atoms with Crippen LogP contribution in [0.1, 0.15) is 13.8 Å². The molecule has 0 aromatic heterocycles. The molecule has 0 saturated heterocycles. The van der Waals surface area contributed by atoms with E-state index in [1.165, 1.54) is 0 Å². The summed E-state index contributed by atoms with van der Waals surface area (Å²) in [5.41, 5.74) is 2.19. The number of nitrogens with one attached hydrogen (secondary N) is 2. The largest absolute Gasteiger partial charge is 0.508 e. The van der Waals surface area contributed by atoms with Gasteiger partial charge < -0.3 is 15.8 Å². The minimum atomic E-state index is 0.231. The van der Waals surface area contributed by atoms with Crippen LogP contribution in [0.4, 0.5) is 5.69 Å². The number of phenolic OH excluding ortho intramolecular Hbond substituents is 1. The summed E-state index contributed by atoms with van der Waals surface area (Å²) in [5, 5.41) is 19.5. The Morgan fingerprint density at radius 3 is 2.71 bits per heavy atom. The summed E-state index contributed by atoms with van der Waals surface area (Å²) in [6, 6.07) is 6.88. The van der Waals surface area contributed by atoms with E-state index in [0.717, 1.165) is 11.4 Å². The molecule has 0 amide bonds. The lowest BCUT2D eigenvalue weighted by atomic mass is 10.2. The SMILES string of the molecule is CC(=N)/C=C(/C)Nc1cccc(O)c1. The first-order valence-electron chi connectivity index (χ1n) is 4.37. The van der Waals surface area contributed by atoms with E-state index in [-0.39, 0.29) is 5.75 Å². The smallest absolute Gasteiger partial charge is 0.117 e. The third-order valence-corrected chi connectivity index (χ3v) is 1.62. The maximum atomic E-state index is 9.21. The highest BCUT2D eigenvalue weighted by molar-refractivity contribution is 5.90. The predicted molar refractivity (Wildman–Crippen MR) is 58.9 cm³/mol. The number of hydrogen-bond donors (Lipinski definition) is 3. The monoisotopic (exact) mass is 190 g/mol. The molecular formula is C11H14N2O. The summed E-state index contributed by atoms with van der Waals surface area (Å²) in [6.45, 7) is 3.59. The molecule has 1 rings (SSSR count). The lowest BCUT2D eigenvalue weighted by Gasteiger charge is -2.06.